The summed E-state index contributed by atoms with van der Waals surface area (Å²) in [5.74, 6) is 1.35. The summed E-state index contributed by atoms with van der Waals surface area (Å²) in [6.45, 7) is 4.94. The predicted molar refractivity (Wildman–Crippen MR) is 81.1 cm³/mol. The smallest absolute Gasteiger partial charge is 0.124 e. The molecule has 2 rings (SSSR count). The van der Waals surface area contributed by atoms with E-state index in [-0.39, 0.29) is 0 Å². The van der Waals surface area contributed by atoms with Crippen LogP contribution < -0.4 is 4.74 Å². The largest absolute Gasteiger partial charge is 0.489 e. The molecule has 0 N–H and O–H groups in total. The highest BCUT2D eigenvalue weighted by molar-refractivity contribution is 5.55. The van der Waals surface area contributed by atoms with Crippen molar-refractivity contribution in [1.29, 1.82) is 0 Å². The molecular weight excluding hydrogens is 248 g/mol. The number of hydrogen-bond donors (Lipinski definition) is 0. The van der Waals surface area contributed by atoms with E-state index in [1.165, 1.54) is 11.1 Å². The van der Waals surface area contributed by atoms with E-state index in [1.54, 1.807) is 0 Å². The van der Waals surface area contributed by atoms with Gasteiger partial charge in [-0.3, -0.25) is 0 Å². The SMILES string of the molecule is CC(C)c1cccc(COc2ccc(CC=O)cc2)c1. The van der Waals surface area contributed by atoms with Crippen molar-refractivity contribution >= 4 is 6.29 Å². The summed E-state index contributed by atoms with van der Waals surface area (Å²) >= 11 is 0. The summed E-state index contributed by atoms with van der Waals surface area (Å²) in [5, 5.41) is 0. The first-order valence-electron chi connectivity index (χ1n) is 6.93. The molecule has 2 aromatic rings. The molecule has 2 nitrogen and oxygen atoms in total. The van der Waals surface area contributed by atoms with Gasteiger partial charge in [0, 0.05) is 6.42 Å². The van der Waals surface area contributed by atoms with Crippen LogP contribution >= 0.6 is 0 Å². The minimum atomic E-state index is 0.455. The predicted octanol–water partition coefficient (Wildman–Crippen LogP) is 4.13. The molecule has 0 aliphatic heterocycles. The highest BCUT2D eigenvalue weighted by atomic mass is 16.5. The standard InChI is InChI=1S/C18H20O2/c1-14(2)17-5-3-4-16(12-17)13-20-18-8-6-15(7-9-18)10-11-19/h3-9,11-12,14H,10,13H2,1-2H3. The van der Waals surface area contributed by atoms with Crippen LogP contribution in [0.5, 0.6) is 5.75 Å². The van der Waals surface area contributed by atoms with Gasteiger partial charge in [0.1, 0.15) is 18.6 Å². The van der Waals surface area contributed by atoms with E-state index in [9.17, 15) is 4.79 Å². The van der Waals surface area contributed by atoms with E-state index < -0.39 is 0 Å². The van der Waals surface area contributed by atoms with Crippen molar-refractivity contribution in [2.45, 2.75) is 32.8 Å². The zero-order valence-electron chi connectivity index (χ0n) is 12.0. The average molecular weight is 268 g/mol. The van der Waals surface area contributed by atoms with Crippen molar-refractivity contribution in [1.82, 2.24) is 0 Å². The Balaban J connectivity index is 1.97. The van der Waals surface area contributed by atoms with Gasteiger partial charge in [-0.1, -0.05) is 50.2 Å². The Hall–Kier alpha value is -2.09. The molecule has 0 amide bonds. The molecule has 0 unspecified atom stereocenters. The van der Waals surface area contributed by atoms with E-state index in [0.717, 1.165) is 17.6 Å². The number of hydrogen-bond acceptors (Lipinski definition) is 2. The molecule has 0 aromatic heterocycles. The minimum Gasteiger partial charge on any atom is -0.489 e. The summed E-state index contributed by atoms with van der Waals surface area (Å²) in [6, 6.07) is 16.1. The van der Waals surface area contributed by atoms with Crippen LogP contribution in [-0.2, 0) is 17.8 Å². The van der Waals surface area contributed by atoms with Crippen LogP contribution in [0, 0.1) is 0 Å². The van der Waals surface area contributed by atoms with E-state index in [4.69, 9.17) is 4.74 Å². The van der Waals surface area contributed by atoms with Crippen LogP contribution in [0.25, 0.3) is 0 Å². The van der Waals surface area contributed by atoms with Gasteiger partial charge in [-0.2, -0.15) is 0 Å². The third kappa shape index (κ3) is 3.95. The lowest BCUT2D eigenvalue weighted by Crippen LogP contribution is -1.97. The first-order valence-corrected chi connectivity index (χ1v) is 6.93. The fourth-order valence-electron chi connectivity index (χ4n) is 2.03. The van der Waals surface area contributed by atoms with E-state index in [1.807, 2.05) is 24.3 Å². The summed E-state index contributed by atoms with van der Waals surface area (Å²) in [4.78, 5) is 10.4. The molecule has 0 heterocycles. The number of carbonyl (C=O) groups excluding carboxylic acids is 1. The average Bonchev–Trinajstić information content (AvgIpc) is 2.47. The van der Waals surface area contributed by atoms with Gasteiger partial charge in [-0.15, -0.1) is 0 Å². The van der Waals surface area contributed by atoms with E-state index in [2.05, 4.69) is 38.1 Å². The van der Waals surface area contributed by atoms with Crippen molar-refractivity contribution in [2.75, 3.05) is 0 Å². The second-order valence-electron chi connectivity index (χ2n) is 5.20. The lowest BCUT2D eigenvalue weighted by molar-refractivity contribution is -0.107. The fourth-order valence-corrected chi connectivity index (χ4v) is 2.03. The van der Waals surface area contributed by atoms with Gasteiger partial charge in [0.15, 0.2) is 0 Å². The molecule has 2 heteroatoms. The molecule has 0 radical (unpaired) electrons. The molecule has 0 saturated carbocycles. The quantitative estimate of drug-likeness (QED) is 0.736. The van der Waals surface area contributed by atoms with Crippen LogP contribution in [0.4, 0.5) is 0 Å². The Morgan fingerprint density at radius 2 is 1.80 bits per heavy atom. The second-order valence-corrected chi connectivity index (χ2v) is 5.20. The number of rotatable bonds is 6. The minimum absolute atomic E-state index is 0.455. The third-order valence-corrected chi connectivity index (χ3v) is 3.27. The Labute approximate surface area is 120 Å². The summed E-state index contributed by atoms with van der Waals surface area (Å²) in [6.07, 6.45) is 1.37. The van der Waals surface area contributed by atoms with Crippen molar-refractivity contribution in [3.05, 3.63) is 65.2 Å². The number of benzene rings is 2. The van der Waals surface area contributed by atoms with Crippen molar-refractivity contribution in [3.8, 4) is 5.75 Å². The van der Waals surface area contributed by atoms with Crippen LogP contribution in [-0.4, -0.2) is 6.29 Å². The van der Waals surface area contributed by atoms with Gasteiger partial charge in [0.25, 0.3) is 0 Å². The van der Waals surface area contributed by atoms with E-state index in [0.29, 0.717) is 18.9 Å². The van der Waals surface area contributed by atoms with Gasteiger partial charge >= 0.3 is 0 Å². The summed E-state index contributed by atoms with van der Waals surface area (Å²) in [7, 11) is 0. The summed E-state index contributed by atoms with van der Waals surface area (Å²) < 4.78 is 5.77. The van der Waals surface area contributed by atoms with Gasteiger partial charge in [-0.05, 0) is 34.7 Å². The molecule has 0 aliphatic carbocycles. The summed E-state index contributed by atoms with van der Waals surface area (Å²) in [5.41, 5.74) is 3.51. The maximum Gasteiger partial charge on any atom is 0.124 e. The zero-order valence-corrected chi connectivity index (χ0v) is 12.0. The second kappa shape index (κ2) is 6.90. The van der Waals surface area contributed by atoms with Crippen molar-refractivity contribution in [2.24, 2.45) is 0 Å². The molecule has 0 spiro atoms. The van der Waals surface area contributed by atoms with Crippen LogP contribution in [0.2, 0.25) is 0 Å². The van der Waals surface area contributed by atoms with Gasteiger partial charge in [0.2, 0.25) is 0 Å². The maximum absolute atomic E-state index is 10.4. The van der Waals surface area contributed by atoms with E-state index >= 15 is 0 Å². The number of ether oxygens (including phenoxy) is 1. The molecule has 20 heavy (non-hydrogen) atoms. The normalized spacial score (nSPS) is 10.6. The molecular formula is C18H20O2. The Morgan fingerprint density at radius 3 is 2.45 bits per heavy atom. The lowest BCUT2D eigenvalue weighted by Gasteiger charge is -2.10. The Bertz CT molecular complexity index is 556. The lowest BCUT2D eigenvalue weighted by atomic mass is 10.0. The fraction of sp³-hybridized carbons (Fsp3) is 0.278. The van der Waals surface area contributed by atoms with Crippen LogP contribution in [0.3, 0.4) is 0 Å². The van der Waals surface area contributed by atoms with Crippen LogP contribution in [0.15, 0.2) is 48.5 Å². The Kier molecular flexibility index (Phi) is 4.94. The molecule has 0 aliphatic rings. The van der Waals surface area contributed by atoms with Crippen molar-refractivity contribution in [3.63, 3.8) is 0 Å². The van der Waals surface area contributed by atoms with Gasteiger partial charge in [-0.25, -0.2) is 0 Å². The number of aldehydes is 1. The highest BCUT2D eigenvalue weighted by Crippen LogP contribution is 2.18. The molecule has 0 fully saturated rings. The van der Waals surface area contributed by atoms with Gasteiger partial charge in [0.05, 0.1) is 0 Å². The first-order chi connectivity index (χ1) is 9.69. The van der Waals surface area contributed by atoms with Crippen LogP contribution in [0.1, 0.15) is 36.5 Å². The monoisotopic (exact) mass is 268 g/mol. The molecule has 0 atom stereocenters. The van der Waals surface area contributed by atoms with Crippen molar-refractivity contribution < 1.29 is 9.53 Å². The molecule has 2 aromatic carbocycles. The molecule has 0 bridgehead atoms. The third-order valence-electron chi connectivity index (χ3n) is 3.27. The Morgan fingerprint density at radius 1 is 1.05 bits per heavy atom. The topological polar surface area (TPSA) is 26.3 Å². The number of carbonyl (C=O) groups is 1. The molecule has 0 saturated heterocycles. The maximum atomic E-state index is 10.4. The van der Waals surface area contributed by atoms with Gasteiger partial charge < -0.3 is 9.53 Å². The molecule has 104 valence electrons. The highest BCUT2D eigenvalue weighted by Gasteiger charge is 2.01. The first kappa shape index (κ1) is 14.3. The zero-order chi connectivity index (χ0) is 14.4.